The fourth-order valence-electron chi connectivity index (χ4n) is 2.93. The molecule has 132 valence electrons. The van der Waals surface area contributed by atoms with E-state index < -0.39 is 5.78 Å². The Hall–Kier alpha value is -2.88. The van der Waals surface area contributed by atoms with Crippen molar-refractivity contribution in [2.45, 2.75) is 0 Å². The Kier molecular flexibility index (Phi) is 4.56. The number of para-hydroxylation sites is 1. The van der Waals surface area contributed by atoms with E-state index in [0.717, 1.165) is 0 Å². The zero-order valence-corrected chi connectivity index (χ0v) is 15.4. The summed E-state index contributed by atoms with van der Waals surface area (Å²) in [5.41, 5.74) is 0.906. The van der Waals surface area contributed by atoms with Gasteiger partial charge in [-0.15, -0.1) is 0 Å². The first kappa shape index (κ1) is 17.5. The molecule has 3 aromatic carbocycles. The van der Waals surface area contributed by atoms with Crippen LogP contribution in [-0.2, 0) is 0 Å². The minimum absolute atomic E-state index is 0.0294. The Morgan fingerprint density at radius 1 is 0.815 bits per heavy atom. The van der Waals surface area contributed by atoms with Crippen molar-refractivity contribution < 1.29 is 9.21 Å². The second kappa shape index (κ2) is 7.03. The van der Waals surface area contributed by atoms with E-state index in [1.165, 1.54) is 0 Å². The smallest absolute Gasteiger partial charge is 0.204 e. The molecule has 0 atom stereocenters. The highest BCUT2D eigenvalue weighted by molar-refractivity contribution is 6.31. The number of hydrogen-bond acceptors (Lipinski definition) is 3. The molecule has 0 saturated heterocycles. The standard InChI is InChI=1S/C22H12Cl2O3/c23-15-10-8-13(9-11-15)20(25)19-21(26)17-6-1-2-7-18(17)27-22(19)14-4-3-5-16(24)12-14/h1-12H. The third kappa shape index (κ3) is 3.27. The lowest BCUT2D eigenvalue weighted by Gasteiger charge is -2.10. The van der Waals surface area contributed by atoms with Crippen molar-refractivity contribution in [2.75, 3.05) is 0 Å². The zero-order valence-electron chi connectivity index (χ0n) is 13.9. The van der Waals surface area contributed by atoms with Crippen LogP contribution >= 0.6 is 23.2 Å². The largest absolute Gasteiger partial charge is 0.455 e. The van der Waals surface area contributed by atoms with Gasteiger partial charge in [0.1, 0.15) is 16.9 Å². The van der Waals surface area contributed by atoms with Gasteiger partial charge >= 0.3 is 0 Å². The van der Waals surface area contributed by atoms with Gasteiger partial charge in [-0.05, 0) is 48.5 Å². The van der Waals surface area contributed by atoms with Crippen LogP contribution in [0.1, 0.15) is 15.9 Å². The maximum absolute atomic E-state index is 13.2. The number of ketones is 1. The van der Waals surface area contributed by atoms with Gasteiger partial charge in [-0.25, -0.2) is 0 Å². The molecule has 0 N–H and O–H groups in total. The van der Waals surface area contributed by atoms with Gasteiger partial charge in [-0.1, -0.05) is 47.5 Å². The minimum Gasteiger partial charge on any atom is -0.455 e. The van der Waals surface area contributed by atoms with Crippen molar-refractivity contribution in [3.05, 3.63) is 104 Å². The van der Waals surface area contributed by atoms with Gasteiger partial charge in [0.05, 0.1) is 5.39 Å². The molecule has 3 nitrogen and oxygen atoms in total. The fourth-order valence-corrected chi connectivity index (χ4v) is 3.24. The van der Waals surface area contributed by atoms with Crippen LogP contribution in [0.4, 0.5) is 0 Å². The van der Waals surface area contributed by atoms with Gasteiger partial charge in [0.2, 0.25) is 11.2 Å². The van der Waals surface area contributed by atoms with Gasteiger partial charge < -0.3 is 4.42 Å². The summed E-state index contributed by atoms with van der Waals surface area (Å²) in [5, 5.41) is 1.33. The second-order valence-corrected chi connectivity index (χ2v) is 6.85. The molecule has 0 amide bonds. The Morgan fingerprint density at radius 2 is 1.56 bits per heavy atom. The van der Waals surface area contributed by atoms with Crippen LogP contribution in [0.3, 0.4) is 0 Å². The number of rotatable bonds is 3. The lowest BCUT2D eigenvalue weighted by atomic mass is 9.97. The van der Waals surface area contributed by atoms with E-state index in [0.29, 0.717) is 32.1 Å². The topological polar surface area (TPSA) is 47.3 Å². The molecule has 0 aliphatic rings. The highest BCUT2D eigenvalue weighted by atomic mass is 35.5. The predicted octanol–water partition coefficient (Wildman–Crippen LogP) is 6.00. The first-order valence-corrected chi connectivity index (χ1v) is 8.92. The van der Waals surface area contributed by atoms with E-state index >= 15 is 0 Å². The van der Waals surface area contributed by atoms with Crippen LogP contribution in [0, 0.1) is 0 Å². The van der Waals surface area contributed by atoms with Crippen LogP contribution in [0.2, 0.25) is 10.0 Å². The fraction of sp³-hybridized carbons (Fsp3) is 0. The Morgan fingerprint density at radius 3 is 2.30 bits per heavy atom. The second-order valence-electron chi connectivity index (χ2n) is 5.98. The number of carbonyl (C=O) groups excluding carboxylic acids is 1. The number of fused-ring (bicyclic) bond motifs is 1. The maximum atomic E-state index is 13.2. The van der Waals surface area contributed by atoms with Crippen molar-refractivity contribution in [2.24, 2.45) is 0 Å². The van der Waals surface area contributed by atoms with Gasteiger partial charge in [-0.2, -0.15) is 0 Å². The molecule has 5 heteroatoms. The highest BCUT2D eigenvalue weighted by Gasteiger charge is 2.23. The first-order chi connectivity index (χ1) is 13.0. The molecule has 0 aliphatic heterocycles. The summed E-state index contributed by atoms with van der Waals surface area (Å²) < 4.78 is 5.98. The molecule has 4 aromatic rings. The average molecular weight is 395 g/mol. The molecule has 27 heavy (non-hydrogen) atoms. The van der Waals surface area contributed by atoms with Crippen LogP contribution in [0.15, 0.2) is 82.0 Å². The maximum Gasteiger partial charge on any atom is 0.204 e. The monoisotopic (exact) mass is 394 g/mol. The van der Waals surface area contributed by atoms with E-state index in [9.17, 15) is 9.59 Å². The Balaban J connectivity index is 2.04. The number of halogens is 2. The van der Waals surface area contributed by atoms with E-state index in [2.05, 4.69) is 0 Å². The third-order valence-corrected chi connectivity index (χ3v) is 4.71. The molecule has 1 aromatic heterocycles. The summed E-state index contributed by atoms with van der Waals surface area (Å²) in [6.45, 7) is 0. The molecule has 0 bridgehead atoms. The minimum atomic E-state index is -0.429. The third-order valence-electron chi connectivity index (χ3n) is 4.22. The Labute approximate surface area is 164 Å². The van der Waals surface area contributed by atoms with Crippen molar-refractivity contribution in [1.29, 1.82) is 0 Å². The summed E-state index contributed by atoms with van der Waals surface area (Å²) in [7, 11) is 0. The van der Waals surface area contributed by atoms with Crippen molar-refractivity contribution >= 4 is 40.0 Å². The molecular weight excluding hydrogens is 383 g/mol. The normalized spacial score (nSPS) is 10.9. The van der Waals surface area contributed by atoms with Gasteiger partial charge in [0.15, 0.2) is 0 Å². The molecule has 0 radical (unpaired) electrons. The van der Waals surface area contributed by atoms with Gasteiger partial charge in [0, 0.05) is 21.2 Å². The summed E-state index contributed by atoms with van der Waals surface area (Å²) in [6.07, 6.45) is 0. The zero-order chi connectivity index (χ0) is 19.0. The number of hydrogen-bond donors (Lipinski definition) is 0. The van der Waals surface area contributed by atoms with E-state index in [1.807, 2.05) is 0 Å². The number of carbonyl (C=O) groups is 1. The van der Waals surface area contributed by atoms with E-state index in [4.69, 9.17) is 27.6 Å². The molecule has 0 saturated carbocycles. The van der Waals surface area contributed by atoms with Crippen LogP contribution in [0.5, 0.6) is 0 Å². The van der Waals surface area contributed by atoms with E-state index in [-0.39, 0.29) is 16.8 Å². The molecule has 0 unspecified atom stereocenters. The average Bonchev–Trinajstić information content (AvgIpc) is 2.68. The summed E-state index contributed by atoms with van der Waals surface area (Å²) in [5.74, 6) is -0.234. The molecule has 0 spiro atoms. The first-order valence-electron chi connectivity index (χ1n) is 8.16. The molecule has 0 fully saturated rings. The number of benzene rings is 3. The van der Waals surface area contributed by atoms with E-state index in [1.54, 1.807) is 72.8 Å². The summed E-state index contributed by atoms with van der Waals surface area (Å²) >= 11 is 12.0. The lowest BCUT2D eigenvalue weighted by Crippen LogP contribution is -2.18. The van der Waals surface area contributed by atoms with Gasteiger partial charge in [-0.3, -0.25) is 9.59 Å². The predicted molar refractivity (Wildman–Crippen MR) is 108 cm³/mol. The van der Waals surface area contributed by atoms with Crippen molar-refractivity contribution in [3.63, 3.8) is 0 Å². The molecule has 4 rings (SSSR count). The highest BCUT2D eigenvalue weighted by Crippen LogP contribution is 2.29. The molecular formula is C22H12Cl2O3. The van der Waals surface area contributed by atoms with Crippen LogP contribution < -0.4 is 5.43 Å². The van der Waals surface area contributed by atoms with Crippen LogP contribution in [-0.4, -0.2) is 5.78 Å². The Bertz CT molecular complexity index is 1220. The van der Waals surface area contributed by atoms with Gasteiger partial charge in [0.25, 0.3) is 0 Å². The molecule has 1 heterocycles. The SMILES string of the molecule is O=C(c1ccc(Cl)cc1)c1c(-c2cccc(Cl)c2)oc2ccccc2c1=O. The van der Waals surface area contributed by atoms with Crippen molar-refractivity contribution in [3.8, 4) is 11.3 Å². The summed E-state index contributed by atoms with van der Waals surface area (Å²) in [4.78, 5) is 26.3. The quantitative estimate of drug-likeness (QED) is 0.400. The van der Waals surface area contributed by atoms with Crippen LogP contribution in [0.25, 0.3) is 22.3 Å². The van der Waals surface area contributed by atoms with Crippen molar-refractivity contribution in [1.82, 2.24) is 0 Å². The molecule has 0 aliphatic carbocycles. The lowest BCUT2D eigenvalue weighted by molar-refractivity contribution is 0.103. The summed E-state index contributed by atoms with van der Waals surface area (Å²) in [6, 6.07) is 20.1.